The van der Waals surface area contributed by atoms with Crippen LogP contribution in [0.1, 0.15) is 0 Å². The highest BCUT2D eigenvalue weighted by Gasteiger charge is 2.00. The second-order valence-electron chi connectivity index (χ2n) is 3.08. The first kappa shape index (κ1) is 11.0. The molecule has 4 heteroatoms. The molecule has 0 atom stereocenters. The molecule has 0 unspecified atom stereocenters. The summed E-state index contributed by atoms with van der Waals surface area (Å²) >= 11 is 1.66. The molecule has 16 heavy (non-hydrogen) atoms. The van der Waals surface area contributed by atoms with Crippen molar-refractivity contribution in [3.8, 4) is 11.6 Å². The van der Waals surface area contributed by atoms with Gasteiger partial charge in [0.15, 0.2) is 0 Å². The molecule has 1 aromatic carbocycles. The molecule has 2 aromatic rings. The lowest BCUT2D eigenvalue weighted by Crippen LogP contribution is -1.89. The van der Waals surface area contributed by atoms with Gasteiger partial charge in [-0.3, -0.25) is 0 Å². The van der Waals surface area contributed by atoms with E-state index in [0.717, 1.165) is 4.90 Å². The fourth-order valence-electron chi connectivity index (χ4n) is 1.21. The van der Waals surface area contributed by atoms with Gasteiger partial charge in [-0.1, -0.05) is 6.07 Å². The summed E-state index contributed by atoms with van der Waals surface area (Å²) in [6, 6.07) is 12.0. The molecule has 0 N–H and O–H groups in total. The standard InChI is InChI=1S/C12H10FNOS/c1-16-10-7-5-9(6-8-10)15-12-4-2-3-11(13)14-12/h2-8H,1H3. The number of rotatable bonds is 3. The Hall–Kier alpha value is -1.55. The number of aromatic nitrogens is 1. The highest BCUT2D eigenvalue weighted by atomic mass is 32.2. The van der Waals surface area contributed by atoms with Crippen molar-refractivity contribution in [2.75, 3.05) is 6.26 Å². The van der Waals surface area contributed by atoms with Crippen molar-refractivity contribution in [1.82, 2.24) is 4.98 Å². The van der Waals surface area contributed by atoms with Crippen LogP contribution in [0.5, 0.6) is 11.6 Å². The smallest absolute Gasteiger partial charge is 0.221 e. The quantitative estimate of drug-likeness (QED) is 0.597. The number of nitrogens with zero attached hydrogens (tertiary/aromatic N) is 1. The summed E-state index contributed by atoms with van der Waals surface area (Å²) in [4.78, 5) is 4.77. The SMILES string of the molecule is CSc1ccc(Oc2cccc(F)n2)cc1. The van der Waals surface area contributed by atoms with Crippen LogP contribution < -0.4 is 4.74 Å². The molecule has 1 aromatic heterocycles. The van der Waals surface area contributed by atoms with E-state index < -0.39 is 5.95 Å². The second-order valence-corrected chi connectivity index (χ2v) is 3.96. The van der Waals surface area contributed by atoms with Crippen molar-refractivity contribution in [2.45, 2.75) is 4.90 Å². The minimum Gasteiger partial charge on any atom is -0.439 e. The van der Waals surface area contributed by atoms with E-state index in [-0.39, 0.29) is 5.88 Å². The average molecular weight is 235 g/mol. The number of hydrogen-bond donors (Lipinski definition) is 0. The second kappa shape index (κ2) is 4.99. The summed E-state index contributed by atoms with van der Waals surface area (Å²) in [6.45, 7) is 0. The summed E-state index contributed by atoms with van der Waals surface area (Å²) in [7, 11) is 0. The van der Waals surface area contributed by atoms with Crippen LogP contribution in [0, 0.1) is 5.95 Å². The van der Waals surface area contributed by atoms with Crippen LogP contribution in [0.15, 0.2) is 47.4 Å². The van der Waals surface area contributed by atoms with Gasteiger partial charge in [0.2, 0.25) is 11.8 Å². The molecular weight excluding hydrogens is 225 g/mol. The fraction of sp³-hybridized carbons (Fsp3) is 0.0833. The third kappa shape index (κ3) is 2.73. The van der Waals surface area contributed by atoms with Crippen LogP contribution in [0.2, 0.25) is 0 Å². The van der Waals surface area contributed by atoms with Crippen LogP contribution in [-0.2, 0) is 0 Å². The van der Waals surface area contributed by atoms with Crippen LogP contribution in [0.3, 0.4) is 0 Å². The molecule has 0 saturated heterocycles. The number of halogens is 1. The van der Waals surface area contributed by atoms with Gasteiger partial charge >= 0.3 is 0 Å². The third-order valence-electron chi connectivity index (χ3n) is 1.97. The number of hydrogen-bond acceptors (Lipinski definition) is 3. The van der Waals surface area contributed by atoms with E-state index in [9.17, 15) is 4.39 Å². The summed E-state index contributed by atoms with van der Waals surface area (Å²) in [5.41, 5.74) is 0. The maximum Gasteiger partial charge on any atom is 0.221 e. The molecule has 2 nitrogen and oxygen atoms in total. The number of benzene rings is 1. The Morgan fingerprint density at radius 1 is 1.12 bits per heavy atom. The lowest BCUT2D eigenvalue weighted by atomic mass is 10.3. The Morgan fingerprint density at radius 3 is 2.50 bits per heavy atom. The molecule has 0 spiro atoms. The van der Waals surface area contributed by atoms with E-state index in [1.165, 1.54) is 6.07 Å². The topological polar surface area (TPSA) is 22.1 Å². The molecule has 0 aliphatic rings. The molecule has 0 radical (unpaired) electrons. The number of ether oxygens (including phenoxy) is 1. The van der Waals surface area contributed by atoms with Gasteiger partial charge < -0.3 is 4.74 Å². The van der Waals surface area contributed by atoms with Crippen LogP contribution in [-0.4, -0.2) is 11.2 Å². The zero-order valence-electron chi connectivity index (χ0n) is 8.68. The first-order valence-electron chi connectivity index (χ1n) is 4.72. The fourth-order valence-corrected chi connectivity index (χ4v) is 1.62. The molecule has 0 amide bonds. The van der Waals surface area contributed by atoms with Crippen LogP contribution in [0.4, 0.5) is 4.39 Å². The van der Waals surface area contributed by atoms with E-state index in [4.69, 9.17) is 4.74 Å². The first-order chi connectivity index (χ1) is 7.78. The average Bonchev–Trinajstić information content (AvgIpc) is 2.30. The maximum atomic E-state index is 12.8. The van der Waals surface area contributed by atoms with E-state index in [0.29, 0.717) is 5.75 Å². The summed E-state index contributed by atoms with van der Waals surface area (Å²) in [5.74, 6) is 0.367. The summed E-state index contributed by atoms with van der Waals surface area (Å²) in [6.07, 6.45) is 2.00. The molecule has 0 aliphatic carbocycles. The Balaban J connectivity index is 2.14. The van der Waals surface area contributed by atoms with Gasteiger partial charge in [-0.15, -0.1) is 11.8 Å². The lowest BCUT2D eigenvalue weighted by Gasteiger charge is -2.04. The zero-order valence-corrected chi connectivity index (χ0v) is 9.50. The summed E-state index contributed by atoms with van der Waals surface area (Å²) < 4.78 is 18.2. The van der Waals surface area contributed by atoms with Gasteiger partial charge in [-0.05, 0) is 36.6 Å². The largest absolute Gasteiger partial charge is 0.439 e. The van der Waals surface area contributed by atoms with Crippen LogP contribution in [0.25, 0.3) is 0 Å². The van der Waals surface area contributed by atoms with Crippen molar-refractivity contribution in [3.05, 3.63) is 48.4 Å². The molecule has 0 saturated carbocycles. The molecular formula is C12H10FNOS. The normalized spacial score (nSPS) is 10.1. The molecule has 0 fully saturated rings. The Kier molecular flexibility index (Phi) is 3.41. The maximum absolute atomic E-state index is 12.8. The van der Waals surface area contributed by atoms with Crippen LogP contribution >= 0.6 is 11.8 Å². The van der Waals surface area contributed by atoms with E-state index in [1.807, 2.05) is 30.5 Å². The monoisotopic (exact) mass is 235 g/mol. The lowest BCUT2D eigenvalue weighted by molar-refractivity contribution is 0.445. The molecule has 0 bridgehead atoms. The van der Waals surface area contributed by atoms with Crippen molar-refractivity contribution in [2.24, 2.45) is 0 Å². The predicted molar refractivity (Wildman–Crippen MR) is 62.5 cm³/mol. The van der Waals surface area contributed by atoms with Gasteiger partial charge in [-0.25, -0.2) is 0 Å². The van der Waals surface area contributed by atoms with Gasteiger partial charge in [0, 0.05) is 11.0 Å². The van der Waals surface area contributed by atoms with Gasteiger partial charge in [0.25, 0.3) is 0 Å². The first-order valence-corrected chi connectivity index (χ1v) is 5.95. The minimum atomic E-state index is -0.543. The Morgan fingerprint density at radius 2 is 1.88 bits per heavy atom. The Labute approximate surface area is 97.5 Å². The van der Waals surface area contributed by atoms with Crippen molar-refractivity contribution < 1.29 is 9.13 Å². The van der Waals surface area contributed by atoms with Crippen molar-refractivity contribution in [1.29, 1.82) is 0 Å². The molecule has 0 aliphatic heterocycles. The third-order valence-corrected chi connectivity index (χ3v) is 2.71. The number of thioether (sulfide) groups is 1. The molecule has 2 rings (SSSR count). The van der Waals surface area contributed by atoms with Crippen molar-refractivity contribution in [3.63, 3.8) is 0 Å². The van der Waals surface area contributed by atoms with Gasteiger partial charge in [0.1, 0.15) is 5.75 Å². The number of pyridine rings is 1. The van der Waals surface area contributed by atoms with Crippen molar-refractivity contribution >= 4 is 11.8 Å². The van der Waals surface area contributed by atoms with Gasteiger partial charge in [-0.2, -0.15) is 9.37 Å². The van der Waals surface area contributed by atoms with E-state index >= 15 is 0 Å². The highest BCUT2D eigenvalue weighted by Crippen LogP contribution is 2.22. The Bertz CT molecular complexity index is 473. The van der Waals surface area contributed by atoms with E-state index in [1.54, 1.807) is 23.9 Å². The molecule has 82 valence electrons. The highest BCUT2D eigenvalue weighted by molar-refractivity contribution is 7.98. The minimum absolute atomic E-state index is 0.261. The van der Waals surface area contributed by atoms with E-state index in [2.05, 4.69) is 4.98 Å². The van der Waals surface area contributed by atoms with Gasteiger partial charge in [0.05, 0.1) is 0 Å². The predicted octanol–water partition coefficient (Wildman–Crippen LogP) is 3.73. The molecule has 1 heterocycles. The zero-order chi connectivity index (χ0) is 11.4. The summed E-state index contributed by atoms with van der Waals surface area (Å²) in [5, 5.41) is 0.